The van der Waals surface area contributed by atoms with Crippen molar-refractivity contribution in [3.8, 4) is 0 Å². The Morgan fingerprint density at radius 2 is 2.25 bits per heavy atom. The van der Waals surface area contributed by atoms with Crippen LogP contribution in [0.15, 0.2) is 0 Å². The van der Waals surface area contributed by atoms with E-state index in [-0.39, 0.29) is 12.5 Å². The number of hydrogen-bond acceptors (Lipinski definition) is 4. The van der Waals surface area contributed by atoms with Crippen molar-refractivity contribution >= 4 is 5.91 Å². The van der Waals surface area contributed by atoms with Crippen LogP contribution in [0.1, 0.15) is 12.8 Å². The minimum Gasteiger partial charge on any atom is -0.394 e. The summed E-state index contributed by atoms with van der Waals surface area (Å²) in [6.45, 7) is 4.55. The number of likely N-dealkylation sites (N-methyl/N-ethyl adjacent to an activating group) is 1. The molecule has 1 aliphatic rings. The van der Waals surface area contributed by atoms with Crippen LogP contribution in [0.4, 0.5) is 0 Å². The summed E-state index contributed by atoms with van der Waals surface area (Å²) in [5.41, 5.74) is 0. The Balaban J connectivity index is 2.01. The number of nitrogens with zero attached hydrogens (tertiary/aromatic N) is 2. The summed E-state index contributed by atoms with van der Waals surface area (Å²) >= 11 is 0. The van der Waals surface area contributed by atoms with Gasteiger partial charge in [-0.15, -0.1) is 0 Å². The van der Waals surface area contributed by atoms with E-state index in [2.05, 4.69) is 4.90 Å². The molecule has 1 amide bonds. The fourth-order valence-electron chi connectivity index (χ4n) is 1.73. The summed E-state index contributed by atoms with van der Waals surface area (Å²) in [6, 6.07) is 0. The topological polar surface area (TPSA) is 53.0 Å². The van der Waals surface area contributed by atoms with E-state index in [4.69, 9.17) is 9.84 Å². The van der Waals surface area contributed by atoms with Crippen molar-refractivity contribution in [2.75, 3.05) is 53.0 Å². The molecule has 1 rings (SSSR count). The molecular weight excluding hydrogens is 208 g/mol. The van der Waals surface area contributed by atoms with Crippen LogP contribution < -0.4 is 0 Å². The van der Waals surface area contributed by atoms with Gasteiger partial charge in [0.15, 0.2) is 0 Å². The summed E-state index contributed by atoms with van der Waals surface area (Å²) in [4.78, 5) is 15.4. The predicted octanol–water partition coefficient (Wildman–Crippen LogP) is -0.450. The summed E-state index contributed by atoms with van der Waals surface area (Å²) < 4.78 is 5.17. The standard InChI is InChI=1S/C11H22N2O3/c1-12(7-9-16-10-8-14)5-6-13-4-2-3-11(13)15/h14H,2-10H2,1H3. The Kier molecular flexibility index (Phi) is 6.37. The number of hydrogen-bond donors (Lipinski definition) is 1. The zero-order valence-electron chi connectivity index (χ0n) is 10.0. The summed E-state index contributed by atoms with van der Waals surface area (Å²) in [7, 11) is 2.02. The summed E-state index contributed by atoms with van der Waals surface area (Å²) in [6.07, 6.45) is 1.71. The third kappa shape index (κ3) is 4.92. The van der Waals surface area contributed by atoms with Gasteiger partial charge in [-0.1, -0.05) is 0 Å². The largest absolute Gasteiger partial charge is 0.394 e. The van der Waals surface area contributed by atoms with E-state index in [1.807, 2.05) is 11.9 Å². The molecule has 16 heavy (non-hydrogen) atoms. The molecule has 1 heterocycles. The Morgan fingerprint density at radius 1 is 1.44 bits per heavy atom. The van der Waals surface area contributed by atoms with Crippen LogP contribution >= 0.6 is 0 Å². The van der Waals surface area contributed by atoms with E-state index in [1.165, 1.54) is 0 Å². The summed E-state index contributed by atoms with van der Waals surface area (Å²) in [5.74, 6) is 0.282. The second-order valence-electron chi connectivity index (χ2n) is 4.12. The van der Waals surface area contributed by atoms with E-state index in [0.29, 0.717) is 19.6 Å². The number of amides is 1. The Bertz CT molecular complexity index is 211. The van der Waals surface area contributed by atoms with Gasteiger partial charge in [-0.05, 0) is 13.5 Å². The maximum Gasteiger partial charge on any atom is 0.222 e. The number of carbonyl (C=O) groups is 1. The number of aliphatic hydroxyl groups is 1. The number of carbonyl (C=O) groups excluding carboxylic acids is 1. The van der Waals surface area contributed by atoms with Crippen molar-refractivity contribution in [1.82, 2.24) is 9.80 Å². The predicted molar refractivity (Wildman–Crippen MR) is 61.2 cm³/mol. The van der Waals surface area contributed by atoms with Crippen molar-refractivity contribution in [2.24, 2.45) is 0 Å². The van der Waals surface area contributed by atoms with Gasteiger partial charge in [0.25, 0.3) is 0 Å². The van der Waals surface area contributed by atoms with Crippen LogP contribution in [-0.2, 0) is 9.53 Å². The second-order valence-corrected chi connectivity index (χ2v) is 4.12. The maximum absolute atomic E-state index is 11.3. The molecule has 1 aliphatic heterocycles. The molecule has 1 saturated heterocycles. The lowest BCUT2D eigenvalue weighted by Crippen LogP contribution is -2.35. The smallest absolute Gasteiger partial charge is 0.222 e. The second kappa shape index (κ2) is 7.60. The first-order valence-electron chi connectivity index (χ1n) is 5.89. The zero-order valence-corrected chi connectivity index (χ0v) is 10.0. The molecule has 94 valence electrons. The van der Waals surface area contributed by atoms with Gasteiger partial charge in [-0.25, -0.2) is 0 Å². The molecule has 1 N–H and O–H groups in total. The van der Waals surface area contributed by atoms with E-state index < -0.39 is 0 Å². The highest BCUT2D eigenvalue weighted by Crippen LogP contribution is 2.08. The van der Waals surface area contributed by atoms with Gasteiger partial charge < -0.3 is 19.6 Å². The minimum absolute atomic E-state index is 0.0754. The van der Waals surface area contributed by atoms with Crippen molar-refractivity contribution in [1.29, 1.82) is 0 Å². The van der Waals surface area contributed by atoms with Crippen LogP contribution in [0.25, 0.3) is 0 Å². The Labute approximate surface area is 97.0 Å². The van der Waals surface area contributed by atoms with Gasteiger partial charge >= 0.3 is 0 Å². The molecule has 0 atom stereocenters. The van der Waals surface area contributed by atoms with Crippen LogP contribution in [0.3, 0.4) is 0 Å². The average molecular weight is 230 g/mol. The van der Waals surface area contributed by atoms with E-state index in [1.54, 1.807) is 0 Å². The molecule has 0 radical (unpaired) electrons. The molecule has 5 nitrogen and oxygen atoms in total. The number of rotatable bonds is 8. The lowest BCUT2D eigenvalue weighted by atomic mass is 10.4. The third-order valence-corrected chi connectivity index (χ3v) is 2.78. The molecule has 0 aromatic carbocycles. The Morgan fingerprint density at radius 3 is 2.88 bits per heavy atom. The van der Waals surface area contributed by atoms with E-state index in [9.17, 15) is 4.79 Å². The maximum atomic E-state index is 11.3. The van der Waals surface area contributed by atoms with Crippen LogP contribution in [-0.4, -0.2) is 73.9 Å². The highest BCUT2D eigenvalue weighted by molar-refractivity contribution is 5.78. The number of likely N-dealkylation sites (tertiary alicyclic amines) is 1. The first-order valence-corrected chi connectivity index (χ1v) is 5.89. The van der Waals surface area contributed by atoms with Gasteiger partial charge in [0, 0.05) is 32.6 Å². The van der Waals surface area contributed by atoms with Gasteiger partial charge in [0.2, 0.25) is 5.91 Å². The lowest BCUT2D eigenvalue weighted by Gasteiger charge is -2.21. The highest BCUT2D eigenvalue weighted by atomic mass is 16.5. The van der Waals surface area contributed by atoms with Crippen LogP contribution in [0.2, 0.25) is 0 Å². The molecule has 0 unspecified atom stereocenters. The number of ether oxygens (including phenoxy) is 1. The molecule has 0 aromatic rings. The van der Waals surface area contributed by atoms with Crippen molar-refractivity contribution in [3.05, 3.63) is 0 Å². The monoisotopic (exact) mass is 230 g/mol. The lowest BCUT2D eigenvalue weighted by molar-refractivity contribution is -0.127. The molecule has 0 spiro atoms. The Hall–Kier alpha value is -0.650. The first kappa shape index (κ1) is 13.4. The molecule has 0 aromatic heterocycles. The van der Waals surface area contributed by atoms with Gasteiger partial charge in [0.1, 0.15) is 0 Å². The molecule has 0 aliphatic carbocycles. The SMILES string of the molecule is CN(CCOCCO)CCN1CCCC1=O. The van der Waals surface area contributed by atoms with E-state index >= 15 is 0 Å². The zero-order chi connectivity index (χ0) is 11.8. The van der Waals surface area contributed by atoms with Gasteiger partial charge in [0.05, 0.1) is 19.8 Å². The first-order chi connectivity index (χ1) is 7.74. The van der Waals surface area contributed by atoms with E-state index in [0.717, 1.165) is 32.6 Å². The highest BCUT2D eigenvalue weighted by Gasteiger charge is 2.19. The summed E-state index contributed by atoms with van der Waals surface area (Å²) in [5, 5.41) is 8.52. The molecule has 0 bridgehead atoms. The minimum atomic E-state index is 0.0754. The third-order valence-electron chi connectivity index (χ3n) is 2.78. The van der Waals surface area contributed by atoms with Gasteiger partial charge in [-0.3, -0.25) is 4.79 Å². The fraction of sp³-hybridized carbons (Fsp3) is 0.909. The van der Waals surface area contributed by atoms with Crippen LogP contribution in [0, 0.1) is 0 Å². The van der Waals surface area contributed by atoms with Crippen molar-refractivity contribution < 1.29 is 14.6 Å². The van der Waals surface area contributed by atoms with Crippen LogP contribution in [0.5, 0.6) is 0 Å². The fourth-order valence-corrected chi connectivity index (χ4v) is 1.73. The number of aliphatic hydroxyl groups excluding tert-OH is 1. The van der Waals surface area contributed by atoms with Crippen molar-refractivity contribution in [2.45, 2.75) is 12.8 Å². The molecule has 1 fully saturated rings. The van der Waals surface area contributed by atoms with Gasteiger partial charge in [-0.2, -0.15) is 0 Å². The molecule has 0 saturated carbocycles. The molecule has 5 heteroatoms. The van der Waals surface area contributed by atoms with Crippen molar-refractivity contribution in [3.63, 3.8) is 0 Å². The molecular formula is C11H22N2O3. The normalized spacial score (nSPS) is 16.4. The quantitative estimate of drug-likeness (QED) is 0.574. The average Bonchev–Trinajstić information content (AvgIpc) is 2.67.